The lowest BCUT2D eigenvalue weighted by molar-refractivity contribution is 0.493. The standard InChI is InChI=1S/C16H19Br2NS/c1-9-7-15(12(4)20-9)11(3)19-10(2)14-6-5-13(17)8-16(14)18/h5-8,10-11,19H,1-4H3. The topological polar surface area (TPSA) is 12.0 Å². The third kappa shape index (κ3) is 3.73. The molecule has 0 aliphatic carbocycles. The molecule has 0 aliphatic rings. The molecule has 1 heterocycles. The lowest BCUT2D eigenvalue weighted by Gasteiger charge is -2.21. The molecule has 1 aromatic heterocycles. The summed E-state index contributed by atoms with van der Waals surface area (Å²) in [6, 6.07) is 9.28. The highest BCUT2D eigenvalue weighted by molar-refractivity contribution is 9.11. The predicted octanol–water partition coefficient (Wildman–Crippen LogP) is 6.30. The number of hydrogen-bond acceptors (Lipinski definition) is 2. The number of halogens is 2. The van der Waals surface area contributed by atoms with Crippen molar-refractivity contribution in [2.75, 3.05) is 0 Å². The first kappa shape index (κ1) is 16.2. The van der Waals surface area contributed by atoms with E-state index in [0.717, 1.165) is 8.95 Å². The van der Waals surface area contributed by atoms with Crippen molar-refractivity contribution in [2.45, 2.75) is 39.8 Å². The zero-order valence-electron chi connectivity index (χ0n) is 12.1. The van der Waals surface area contributed by atoms with Crippen LogP contribution in [0.3, 0.4) is 0 Å². The Hall–Kier alpha value is -0.160. The minimum absolute atomic E-state index is 0.298. The Morgan fingerprint density at radius 1 is 1.00 bits per heavy atom. The fourth-order valence-electron chi connectivity index (χ4n) is 2.49. The van der Waals surface area contributed by atoms with E-state index in [1.165, 1.54) is 20.9 Å². The summed E-state index contributed by atoms with van der Waals surface area (Å²) >= 11 is 9.01. The number of nitrogens with one attached hydrogen (secondary N) is 1. The lowest BCUT2D eigenvalue weighted by Crippen LogP contribution is -2.22. The molecular weight excluding hydrogens is 398 g/mol. The van der Waals surface area contributed by atoms with Crippen LogP contribution in [0, 0.1) is 13.8 Å². The van der Waals surface area contributed by atoms with Crippen LogP contribution < -0.4 is 5.32 Å². The fraction of sp³-hybridized carbons (Fsp3) is 0.375. The third-order valence-electron chi connectivity index (χ3n) is 3.47. The average molecular weight is 417 g/mol. The first-order valence-electron chi connectivity index (χ1n) is 6.66. The van der Waals surface area contributed by atoms with Crippen LogP contribution in [0.4, 0.5) is 0 Å². The quantitative estimate of drug-likeness (QED) is 0.616. The summed E-state index contributed by atoms with van der Waals surface area (Å²) < 4.78 is 2.23. The highest BCUT2D eigenvalue weighted by Crippen LogP contribution is 2.31. The first-order chi connectivity index (χ1) is 9.38. The molecule has 0 spiro atoms. The Labute approximate surface area is 142 Å². The van der Waals surface area contributed by atoms with Gasteiger partial charge in [0.25, 0.3) is 0 Å². The maximum Gasteiger partial charge on any atom is 0.0308 e. The maximum atomic E-state index is 3.69. The molecule has 1 aromatic carbocycles. The van der Waals surface area contributed by atoms with E-state index in [1.54, 1.807) is 0 Å². The van der Waals surface area contributed by atoms with Crippen molar-refractivity contribution in [2.24, 2.45) is 0 Å². The highest BCUT2D eigenvalue weighted by Gasteiger charge is 2.16. The summed E-state index contributed by atoms with van der Waals surface area (Å²) in [6.45, 7) is 8.81. The monoisotopic (exact) mass is 415 g/mol. The van der Waals surface area contributed by atoms with Crippen molar-refractivity contribution < 1.29 is 0 Å². The first-order valence-corrected chi connectivity index (χ1v) is 9.06. The molecule has 20 heavy (non-hydrogen) atoms. The summed E-state index contributed by atoms with van der Waals surface area (Å²) in [5.74, 6) is 0. The van der Waals surface area contributed by atoms with Gasteiger partial charge in [0.15, 0.2) is 0 Å². The summed E-state index contributed by atoms with van der Waals surface area (Å²) in [6.07, 6.45) is 0. The number of benzene rings is 1. The summed E-state index contributed by atoms with van der Waals surface area (Å²) in [4.78, 5) is 2.79. The van der Waals surface area contributed by atoms with Gasteiger partial charge in [0.2, 0.25) is 0 Å². The number of thiophene rings is 1. The molecule has 4 heteroatoms. The van der Waals surface area contributed by atoms with Gasteiger partial charge in [-0.25, -0.2) is 0 Å². The summed E-state index contributed by atoms with van der Waals surface area (Å²) in [5.41, 5.74) is 2.69. The van der Waals surface area contributed by atoms with Gasteiger partial charge in [-0.2, -0.15) is 0 Å². The van der Waals surface area contributed by atoms with Gasteiger partial charge in [-0.15, -0.1) is 11.3 Å². The van der Waals surface area contributed by atoms with E-state index in [0.29, 0.717) is 12.1 Å². The van der Waals surface area contributed by atoms with Crippen LogP contribution in [-0.2, 0) is 0 Å². The molecule has 2 aromatic rings. The van der Waals surface area contributed by atoms with Crippen LogP contribution in [-0.4, -0.2) is 0 Å². The molecule has 108 valence electrons. The molecule has 0 fully saturated rings. The molecule has 0 saturated heterocycles. The van der Waals surface area contributed by atoms with Crippen LogP contribution >= 0.6 is 43.2 Å². The Bertz CT molecular complexity index is 607. The van der Waals surface area contributed by atoms with Crippen LogP contribution in [0.2, 0.25) is 0 Å². The Morgan fingerprint density at radius 2 is 1.65 bits per heavy atom. The van der Waals surface area contributed by atoms with Crippen molar-refractivity contribution in [3.8, 4) is 0 Å². The molecule has 0 bridgehead atoms. The molecule has 0 radical (unpaired) electrons. The van der Waals surface area contributed by atoms with Crippen molar-refractivity contribution in [3.05, 3.63) is 54.1 Å². The van der Waals surface area contributed by atoms with Gasteiger partial charge >= 0.3 is 0 Å². The van der Waals surface area contributed by atoms with E-state index in [1.807, 2.05) is 11.3 Å². The van der Waals surface area contributed by atoms with E-state index >= 15 is 0 Å². The summed E-state index contributed by atoms with van der Waals surface area (Å²) in [7, 11) is 0. The largest absolute Gasteiger partial charge is 0.304 e. The highest BCUT2D eigenvalue weighted by atomic mass is 79.9. The van der Waals surface area contributed by atoms with Gasteiger partial charge < -0.3 is 5.32 Å². The van der Waals surface area contributed by atoms with Gasteiger partial charge in [-0.05, 0) is 57.0 Å². The summed E-state index contributed by atoms with van der Waals surface area (Å²) in [5, 5.41) is 3.69. The Balaban J connectivity index is 2.14. The van der Waals surface area contributed by atoms with Crippen LogP contribution in [0.1, 0.15) is 46.8 Å². The molecule has 2 atom stereocenters. The van der Waals surface area contributed by atoms with E-state index in [2.05, 4.69) is 89.1 Å². The zero-order valence-corrected chi connectivity index (χ0v) is 16.1. The van der Waals surface area contributed by atoms with Crippen molar-refractivity contribution in [1.82, 2.24) is 5.32 Å². The Kier molecular flexibility index (Phi) is 5.46. The zero-order chi connectivity index (χ0) is 14.9. The van der Waals surface area contributed by atoms with Gasteiger partial charge in [-0.3, -0.25) is 0 Å². The second-order valence-electron chi connectivity index (χ2n) is 5.14. The molecule has 2 rings (SSSR count). The third-order valence-corrected chi connectivity index (χ3v) is 5.64. The van der Waals surface area contributed by atoms with Crippen molar-refractivity contribution >= 4 is 43.2 Å². The van der Waals surface area contributed by atoms with Crippen LogP contribution in [0.5, 0.6) is 0 Å². The van der Waals surface area contributed by atoms with Gasteiger partial charge in [-0.1, -0.05) is 37.9 Å². The molecule has 2 unspecified atom stereocenters. The molecule has 0 aliphatic heterocycles. The second kappa shape index (κ2) is 6.73. The SMILES string of the molecule is Cc1cc(C(C)NC(C)c2ccc(Br)cc2Br)c(C)s1. The normalized spacial score (nSPS) is 14.3. The minimum atomic E-state index is 0.298. The predicted molar refractivity (Wildman–Crippen MR) is 95.6 cm³/mol. The van der Waals surface area contributed by atoms with E-state index in [-0.39, 0.29) is 0 Å². The molecule has 1 nitrogen and oxygen atoms in total. The molecule has 0 saturated carbocycles. The van der Waals surface area contributed by atoms with E-state index < -0.39 is 0 Å². The maximum absolute atomic E-state index is 3.69. The Morgan fingerprint density at radius 3 is 2.20 bits per heavy atom. The number of aryl methyl sites for hydroxylation is 2. The number of hydrogen-bond donors (Lipinski definition) is 1. The van der Waals surface area contributed by atoms with Gasteiger partial charge in [0, 0.05) is 30.8 Å². The molecule has 1 N–H and O–H groups in total. The molecular formula is C16H19Br2NS. The van der Waals surface area contributed by atoms with Crippen LogP contribution in [0.25, 0.3) is 0 Å². The van der Waals surface area contributed by atoms with Crippen molar-refractivity contribution in [1.29, 1.82) is 0 Å². The second-order valence-corrected chi connectivity index (χ2v) is 8.37. The fourth-order valence-corrected chi connectivity index (χ4v) is 4.90. The van der Waals surface area contributed by atoms with Gasteiger partial charge in [0.05, 0.1) is 0 Å². The average Bonchev–Trinajstić information content (AvgIpc) is 2.68. The van der Waals surface area contributed by atoms with Crippen LogP contribution in [0.15, 0.2) is 33.2 Å². The van der Waals surface area contributed by atoms with E-state index in [9.17, 15) is 0 Å². The minimum Gasteiger partial charge on any atom is -0.304 e. The van der Waals surface area contributed by atoms with E-state index in [4.69, 9.17) is 0 Å². The number of rotatable bonds is 4. The van der Waals surface area contributed by atoms with Crippen molar-refractivity contribution in [3.63, 3.8) is 0 Å². The van der Waals surface area contributed by atoms with Gasteiger partial charge in [0.1, 0.15) is 0 Å². The smallest absolute Gasteiger partial charge is 0.0308 e. The molecule has 0 amide bonds. The lowest BCUT2D eigenvalue weighted by atomic mass is 10.0.